The van der Waals surface area contributed by atoms with Gasteiger partial charge in [0.15, 0.2) is 0 Å². The highest BCUT2D eigenvalue weighted by molar-refractivity contribution is 5.74. The van der Waals surface area contributed by atoms with Crippen molar-refractivity contribution in [3.8, 4) is 5.75 Å². The van der Waals surface area contributed by atoms with Gasteiger partial charge in [-0.2, -0.15) is 0 Å². The summed E-state index contributed by atoms with van der Waals surface area (Å²) in [5.41, 5.74) is 0.666. The first-order chi connectivity index (χ1) is 7.38. The van der Waals surface area contributed by atoms with E-state index in [1.165, 1.54) is 0 Å². The molecule has 15 heavy (non-hydrogen) atoms. The highest BCUT2D eigenvalue weighted by Gasteiger charge is 2.15. The first-order valence-electron chi connectivity index (χ1n) is 5.18. The number of ether oxygens (including phenoxy) is 2. The van der Waals surface area contributed by atoms with E-state index < -0.39 is 0 Å². The predicted octanol–water partition coefficient (Wildman–Crippen LogP) is 2.06. The number of benzene rings is 1. The molecule has 1 atom stereocenters. The second kappa shape index (κ2) is 4.94. The number of aldehydes is 1. The Hall–Kier alpha value is -1.35. The minimum atomic E-state index is 0.232. The van der Waals surface area contributed by atoms with Crippen LogP contribution in [0.15, 0.2) is 24.3 Å². The van der Waals surface area contributed by atoms with E-state index in [4.69, 9.17) is 9.47 Å². The molecule has 0 saturated carbocycles. The summed E-state index contributed by atoms with van der Waals surface area (Å²) in [5.74, 6) is 0.788. The van der Waals surface area contributed by atoms with Gasteiger partial charge in [0.05, 0.1) is 6.10 Å². The van der Waals surface area contributed by atoms with Gasteiger partial charge in [0, 0.05) is 12.2 Å². The zero-order chi connectivity index (χ0) is 10.5. The maximum Gasteiger partial charge on any atom is 0.150 e. The van der Waals surface area contributed by atoms with Crippen molar-refractivity contribution < 1.29 is 14.3 Å². The molecule has 1 heterocycles. The molecule has 1 fully saturated rings. The molecule has 1 aliphatic rings. The van der Waals surface area contributed by atoms with Crippen molar-refractivity contribution in [2.45, 2.75) is 18.9 Å². The van der Waals surface area contributed by atoms with Gasteiger partial charge in [-0.3, -0.25) is 4.79 Å². The smallest absolute Gasteiger partial charge is 0.150 e. The van der Waals surface area contributed by atoms with Crippen molar-refractivity contribution in [1.29, 1.82) is 0 Å². The molecule has 0 radical (unpaired) electrons. The lowest BCUT2D eigenvalue weighted by molar-refractivity contribution is 0.0679. The van der Waals surface area contributed by atoms with Crippen molar-refractivity contribution in [1.82, 2.24) is 0 Å². The number of rotatable bonds is 4. The standard InChI is InChI=1S/C12H14O3/c13-8-10-3-5-11(6-4-10)15-9-12-2-1-7-14-12/h3-6,8,12H,1-2,7,9H2/t12-/m1/s1. The molecule has 0 aliphatic carbocycles. The van der Waals surface area contributed by atoms with Crippen LogP contribution in [0.5, 0.6) is 5.75 Å². The Balaban J connectivity index is 1.84. The molecular weight excluding hydrogens is 192 g/mol. The molecule has 1 aliphatic heterocycles. The number of hydrogen-bond donors (Lipinski definition) is 0. The summed E-state index contributed by atoms with van der Waals surface area (Å²) >= 11 is 0. The zero-order valence-electron chi connectivity index (χ0n) is 8.52. The molecule has 0 unspecified atom stereocenters. The van der Waals surface area contributed by atoms with Crippen LogP contribution >= 0.6 is 0 Å². The topological polar surface area (TPSA) is 35.5 Å². The summed E-state index contributed by atoms with van der Waals surface area (Å²) < 4.78 is 11.0. The second-order valence-electron chi connectivity index (χ2n) is 3.63. The van der Waals surface area contributed by atoms with Gasteiger partial charge in [0.2, 0.25) is 0 Å². The number of hydrogen-bond acceptors (Lipinski definition) is 3. The van der Waals surface area contributed by atoms with Crippen LogP contribution in [0.1, 0.15) is 23.2 Å². The molecule has 0 bridgehead atoms. The van der Waals surface area contributed by atoms with Gasteiger partial charge in [-0.05, 0) is 37.1 Å². The molecule has 1 saturated heterocycles. The van der Waals surface area contributed by atoms with E-state index in [-0.39, 0.29) is 6.10 Å². The Morgan fingerprint density at radius 3 is 2.80 bits per heavy atom. The molecule has 3 heteroatoms. The lowest BCUT2D eigenvalue weighted by Crippen LogP contribution is -2.16. The van der Waals surface area contributed by atoms with E-state index in [9.17, 15) is 4.79 Å². The van der Waals surface area contributed by atoms with Gasteiger partial charge in [0.1, 0.15) is 18.6 Å². The summed E-state index contributed by atoms with van der Waals surface area (Å²) in [7, 11) is 0. The van der Waals surface area contributed by atoms with E-state index >= 15 is 0 Å². The lowest BCUT2D eigenvalue weighted by atomic mass is 10.2. The fourth-order valence-corrected chi connectivity index (χ4v) is 1.61. The summed E-state index contributed by atoms with van der Waals surface area (Å²) in [4.78, 5) is 10.4. The van der Waals surface area contributed by atoms with Crippen LogP contribution in [0.3, 0.4) is 0 Å². The molecular formula is C12H14O3. The highest BCUT2D eigenvalue weighted by atomic mass is 16.5. The molecule has 2 rings (SSSR count). The minimum Gasteiger partial charge on any atom is -0.491 e. The fourth-order valence-electron chi connectivity index (χ4n) is 1.61. The average molecular weight is 206 g/mol. The molecule has 0 aromatic heterocycles. The second-order valence-corrected chi connectivity index (χ2v) is 3.63. The Morgan fingerprint density at radius 2 is 2.20 bits per heavy atom. The van der Waals surface area contributed by atoms with Crippen LogP contribution in [0.2, 0.25) is 0 Å². The monoisotopic (exact) mass is 206 g/mol. The highest BCUT2D eigenvalue weighted by Crippen LogP contribution is 2.15. The Kier molecular flexibility index (Phi) is 3.35. The van der Waals surface area contributed by atoms with E-state index in [1.54, 1.807) is 24.3 Å². The Bertz CT molecular complexity index is 312. The van der Waals surface area contributed by atoms with E-state index in [2.05, 4.69) is 0 Å². The van der Waals surface area contributed by atoms with Gasteiger partial charge < -0.3 is 9.47 Å². The molecule has 0 N–H and O–H groups in total. The molecule has 0 amide bonds. The summed E-state index contributed by atoms with van der Waals surface area (Å²) in [5, 5.41) is 0. The Morgan fingerprint density at radius 1 is 1.40 bits per heavy atom. The van der Waals surface area contributed by atoms with Crippen LogP contribution in [0.25, 0.3) is 0 Å². The lowest BCUT2D eigenvalue weighted by Gasteiger charge is -2.11. The van der Waals surface area contributed by atoms with Crippen molar-refractivity contribution in [2.75, 3.05) is 13.2 Å². The molecule has 1 aromatic carbocycles. The van der Waals surface area contributed by atoms with E-state index in [1.807, 2.05) is 0 Å². The van der Waals surface area contributed by atoms with Gasteiger partial charge in [-0.25, -0.2) is 0 Å². The number of carbonyl (C=O) groups is 1. The molecule has 0 spiro atoms. The maximum atomic E-state index is 10.4. The molecule has 3 nitrogen and oxygen atoms in total. The van der Waals surface area contributed by atoms with Crippen LogP contribution in [0.4, 0.5) is 0 Å². The number of carbonyl (C=O) groups excluding carboxylic acids is 1. The van der Waals surface area contributed by atoms with Gasteiger partial charge in [-0.1, -0.05) is 0 Å². The summed E-state index contributed by atoms with van der Waals surface area (Å²) in [6, 6.07) is 7.10. The third-order valence-corrected chi connectivity index (χ3v) is 2.48. The van der Waals surface area contributed by atoms with Crippen LogP contribution in [-0.2, 0) is 4.74 Å². The van der Waals surface area contributed by atoms with Gasteiger partial charge in [0.25, 0.3) is 0 Å². The van der Waals surface area contributed by atoms with Gasteiger partial charge in [-0.15, -0.1) is 0 Å². The van der Waals surface area contributed by atoms with Crippen molar-refractivity contribution >= 4 is 6.29 Å². The summed E-state index contributed by atoms with van der Waals surface area (Å²) in [6.45, 7) is 1.44. The zero-order valence-corrected chi connectivity index (χ0v) is 8.52. The van der Waals surface area contributed by atoms with Crippen molar-refractivity contribution in [3.05, 3.63) is 29.8 Å². The molecule has 80 valence electrons. The van der Waals surface area contributed by atoms with E-state index in [0.717, 1.165) is 31.5 Å². The first kappa shape index (κ1) is 10.2. The van der Waals surface area contributed by atoms with Crippen LogP contribution in [0, 0.1) is 0 Å². The largest absolute Gasteiger partial charge is 0.491 e. The third kappa shape index (κ3) is 2.80. The fraction of sp³-hybridized carbons (Fsp3) is 0.417. The SMILES string of the molecule is O=Cc1ccc(OC[C@H]2CCCO2)cc1. The predicted molar refractivity (Wildman–Crippen MR) is 56.3 cm³/mol. The van der Waals surface area contributed by atoms with Crippen molar-refractivity contribution in [3.63, 3.8) is 0 Å². The van der Waals surface area contributed by atoms with Crippen LogP contribution < -0.4 is 4.74 Å². The third-order valence-electron chi connectivity index (χ3n) is 2.48. The van der Waals surface area contributed by atoms with Crippen LogP contribution in [-0.4, -0.2) is 25.6 Å². The van der Waals surface area contributed by atoms with E-state index in [0.29, 0.717) is 12.2 Å². The van der Waals surface area contributed by atoms with Crippen molar-refractivity contribution in [2.24, 2.45) is 0 Å². The average Bonchev–Trinajstić information content (AvgIpc) is 2.80. The van der Waals surface area contributed by atoms with Gasteiger partial charge >= 0.3 is 0 Å². The maximum absolute atomic E-state index is 10.4. The summed E-state index contributed by atoms with van der Waals surface area (Å²) in [6.07, 6.45) is 3.25. The quantitative estimate of drug-likeness (QED) is 0.707. The first-order valence-corrected chi connectivity index (χ1v) is 5.18. The Labute approximate surface area is 89.0 Å². The molecule has 1 aromatic rings. The minimum absolute atomic E-state index is 0.232. The normalized spacial score (nSPS) is 20.1.